The number of hydrogen-bond donors (Lipinski definition) is 4. The molecule has 42 heavy (non-hydrogen) atoms. The number of methoxy groups -OCH3 is 1. The lowest BCUT2D eigenvalue weighted by atomic mass is 9.52. The number of likely N-dealkylation sites (N-methyl/N-ethyl adjacent to an activating group) is 1. The molecule has 2 saturated carbocycles. The Morgan fingerprint density at radius 1 is 1.02 bits per heavy atom. The summed E-state index contributed by atoms with van der Waals surface area (Å²) in [6.45, 7) is 0. The predicted octanol–water partition coefficient (Wildman–Crippen LogP) is 0.487. The molecule has 3 aliphatic rings. The first kappa shape index (κ1) is 28.9. The molecule has 2 aromatic rings. The molecule has 0 radical (unpaired) electrons. The minimum atomic E-state index is -2.81. The van der Waals surface area contributed by atoms with Crippen molar-refractivity contribution in [2.24, 2.45) is 29.4 Å². The van der Waals surface area contributed by atoms with E-state index >= 15 is 0 Å². The fourth-order valence-corrected chi connectivity index (χ4v) is 6.57. The van der Waals surface area contributed by atoms with Gasteiger partial charge < -0.3 is 25.4 Å². The standard InChI is InChI=1S/C29H29N3O10/c1-32(2)21-16-11-13-10-12-4-9-17(31-28(39)42-15-7-5-14(41-3)6-8-15)22(33)18(12)23(34)19(13)25(36)29(16,40)26(37)20(24(21)35)27(30)38/h4-9,13,16,19-21,33,40H,10-11H2,1-3H3,(H2,30,38)(H,31,39). The molecule has 0 bridgehead atoms. The van der Waals surface area contributed by atoms with E-state index in [0.717, 1.165) is 0 Å². The maximum Gasteiger partial charge on any atom is 0.417 e. The number of carbonyl (C=O) groups excluding carboxylic acids is 6. The molecule has 220 valence electrons. The number of phenolic OH excluding ortho intramolecular Hbond substituents is 1. The summed E-state index contributed by atoms with van der Waals surface area (Å²) in [5.74, 6) is -10.8. The normalized spacial score (nSPS) is 28.5. The Balaban J connectivity index is 1.46. The maximum absolute atomic E-state index is 13.9. The van der Waals surface area contributed by atoms with Crippen molar-refractivity contribution in [3.8, 4) is 17.2 Å². The van der Waals surface area contributed by atoms with Gasteiger partial charge in [0.1, 0.15) is 17.2 Å². The number of Topliss-reactive ketones (excluding diaryl/α,β-unsaturated/α-hetero) is 4. The Kier molecular flexibility index (Phi) is 7.11. The van der Waals surface area contributed by atoms with Gasteiger partial charge in [-0.2, -0.15) is 0 Å². The first-order valence-corrected chi connectivity index (χ1v) is 13.1. The largest absolute Gasteiger partial charge is 0.505 e. The van der Waals surface area contributed by atoms with E-state index in [1.165, 1.54) is 50.4 Å². The van der Waals surface area contributed by atoms with Crippen molar-refractivity contribution in [2.75, 3.05) is 26.5 Å². The van der Waals surface area contributed by atoms with Crippen molar-refractivity contribution in [3.63, 3.8) is 0 Å². The van der Waals surface area contributed by atoms with Crippen LogP contribution in [-0.2, 0) is 25.6 Å². The van der Waals surface area contributed by atoms with Gasteiger partial charge in [-0.15, -0.1) is 0 Å². The molecular formula is C29H29N3O10. The molecule has 2 fully saturated rings. The summed E-state index contributed by atoms with van der Waals surface area (Å²) in [6, 6.07) is 7.85. The highest BCUT2D eigenvalue weighted by Gasteiger charge is 2.69. The molecule has 5 N–H and O–H groups in total. The third kappa shape index (κ3) is 4.32. The second-order valence-electron chi connectivity index (χ2n) is 11.0. The number of primary amides is 1. The number of phenols is 1. The van der Waals surface area contributed by atoms with Crippen molar-refractivity contribution in [2.45, 2.75) is 24.5 Å². The summed E-state index contributed by atoms with van der Waals surface area (Å²) in [6.07, 6.45) is -0.915. The summed E-state index contributed by atoms with van der Waals surface area (Å²) in [5, 5.41) is 25.0. The van der Waals surface area contributed by atoms with E-state index in [1.807, 2.05) is 0 Å². The topological polar surface area (TPSA) is 203 Å². The lowest BCUT2D eigenvalue weighted by Gasteiger charge is -2.52. The summed E-state index contributed by atoms with van der Waals surface area (Å²) in [4.78, 5) is 80.1. The molecule has 0 saturated heterocycles. The number of benzene rings is 2. The Morgan fingerprint density at radius 2 is 1.67 bits per heavy atom. The highest BCUT2D eigenvalue weighted by molar-refractivity contribution is 6.32. The SMILES string of the molecule is COc1ccc(OC(=O)Nc2ccc3c(c2O)C(=O)C2C(=O)C4(O)C(=O)C(C(N)=O)C(=O)C(N(C)C)C4CC2C3)cc1. The van der Waals surface area contributed by atoms with Gasteiger partial charge in [0.05, 0.1) is 30.3 Å². The van der Waals surface area contributed by atoms with Crippen LogP contribution in [0.15, 0.2) is 36.4 Å². The van der Waals surface area contributed by atoms with Crippen molar-refractivity contribution < 1.29 is 48.5 Å². The second kappa shape index (κ2) is 10.3. The average molecular weight is 580 g/mol. The Hall–Kier alpha value is -4.62. The van der Waals surface area contributed by atoms with Crippen LogP contribution in [0.3, 0.4) is 0 Å². The van der Waals surface area contributed by atoms with Crippen molar-refractivity contribution in [1.82, 2.24) is 4.90 Å². The van der Waals surface area contributed by atoms with Crippen LogP contribution in [0.1, 0.15) is 22.3 Å². The van der Waals surface area contributed by atoms with E-state index in [-0.39, 0.29) is 29.8 Å². The number of ether oxygens (including phenoxy) is 2. The zero-order valence-corrected chi connectivity index (χ0v) is 23.0. The number of nitrogens with one attached hydrogen (secondary N) is 1. The number of nitrogens with zero attached hydrogens (tertiary/aromatic N) is 1. The molecular weight excluding hydrogens is 550 g/mol. The van der Waals surface area contributed by atoms with E-state index in [1.54, 1.807) is 12.1 Å². The Morgan fingerprint density at radius 3 is 2.26 bits per heavy atom. The molecule has 6 atom stereocenters. The van der Waals surface area contributed by atoms with Gasteiger partial charge in [-0.05, 0) is 68.8 Å². The van der Waals surface area contributed by atoms with Crippen LogP contribution in [0.4, 0.5) is 10.5 Å². The molecule has 2 amide bonds. The van der Waals surface area contributed by atoms with Gasteiger partial charge in [-0.25, -0.2) is 4.79 Å². The number of hydrogen-bond acceptors (Lipinski definition) is 11. The number of aromatic hydroxyl groups is 1. The molecule has 13 nitrogen and oxygen atoms in total. The van der Waals surface area contributed by atoms with Crippen molar-refractivity contribution in [3.05, 3.63) is 47.5 Å². The third-order valence-electron chi connectivity index (χ3n) is 8.44. The van der Waals surface area contributed by atoms with E-state index < -0.39 is 76.2 Å². The molecule has 0 heterocycles. The molecule has 13 heteroatoms. The monoisotopic (exact) mass is 579 g/mol. The van der Waals surface area contributed by atoms with Crippen molar-refractivity contribution in [1.29, 1.82) is 0 Å². The van der Waals surface area contributed by atoms with E-state index in [0.29, 0.717) is 11.3 Å². The zero-order chi connectivity index (χ0) is 30.7. The smallest absolute Gasteiger partial charge is 0.417 e. The lowest BCUT2D eigenvalue weighted by Crippen LogP contribution is -2.74. The minimum Gasteiger partial charge on any atom is -0.505 e. The Bertz CT molecular complexity index is 1530. The van der Waals surface area contributed by atoms with Crippen LogP contribution < -0.4 is 20.5 Å². The number of amides is 2. The number of aliphatic hydroxyl groups is 1. The summed E-state index contributed by atoms with van der Waals surface area (Å²) in [5.41, 5.74) is 2.48. The number of ketones is 4. The first-order chi connectivity index (χ1) is 19.8. The second-order valence-corrected chi connectivity index (χ2v) is 11.0. The maximum atomic E-state index is 13.9. The number of fused-ring (bicyclic) bond motifs is 3. The fraction of sp³-hybridized carbons (Fsp3) is 0.379. The van der Waals surface area contributed by atoms with Crippen LogP contribution in [-0.4, -0.2) is 83.1 Å². The van der Waals surface area contributed by atoms with E-state index in [2.05, 4.69) is 5.32 Å². The molecule has 6 unspecified atom stereocenters. The van der Waals surface area contributed by atoms with Gasteiger partial charge in [0, 0.05) is 5.92 Å². The van der Waals surface area contributed by atoms with Gasteiger partial charge in [-0.3, -0.25) is 34.2 Å². The fourth-order valence-electron chi connectivity index (χ4n) is 6.57. The minimum absolute atomic E-state index is 0.0567. The first-order valence-electron chi connectivity index (χ1n) is 13.1. The molecule has 0 spiro atoms. The molecule has 3 aliphatic carbocycles. The van der Waals surface area contributed by atoms with Gasteiger partial charge in [0.15, 0.2) is 34.7 Å². The van der Waals surface area contributed by atoms with Gasteiger partial charge in [0.25, 0.3) is 0 Å². The van der Waals surface area contributed by atoms with Gasteiger partial charge >= 0.3 is 6.09 Å². The molecule has 0 aromatic heterocycles. The molecule has 5 rings (SSSR count). The highest BCUT2D eigenvalue weighted by atomic mass is 16.6. The number of nitrogens with two attached hydrogens (primary N) is 1. The number of rotatable bonds is 5. The van der Waals surface area contributed by atoms with Gasteiger partial charge in [-0.1, -0.05) is 6.07 Å². The van der Waals surface area contributed by atoms with E-state index in [4.69, 9.17) is 15.2 Å². The van der Waals surface area contributed by atoms with Crippen LogP contribution in [0.5, 0.6) is 17.2 Å². The zero-order valence-electron chi connectivity index (χ0n) is 23.0. The lowest BCUT2D eigenvalue weighted by molar-refractivity contribution is -0.181. The quantitative estimate of drug-likeness (QED) is 0.283. The number of carbonyl (C=O) groups is 6. The van der Waals surface area contributed by atoms with Crippen molar-refractivity contribution >= 4 is 40.8 Å². The highest BCUT2D eigenvalue weighted by Crippen LogP contribution is 2.51. The number of anilines is 1. The Labute approximate surface area is 239 Å². The molecule has 0 aliphatic heterocycles. The van der Waals surface area contributed by atoms with Crippen LogP contribution in [0.25, 0.3) is 0 Å². The summed E-state index contributed by atoms with van der Waals surface area (Å²) in [7, 11) is 4.51. The van der Waals surface area contributed by atoms with Gasteiger partial charge in [0.2, 0.25) is 5.91 Å². The van der Waals surface area contributed by atoms with Crippen LogP contribution >= 0.6 is 0 Å². The molecule has 2 aromatic carbocycles. The third-order valence-corrected chi connectivity index (χ3v) is 8.44. The van der Waals surface area contributed by atoms with Crippen LogP contribution in [0.2, 0.25) is 0 Å². The predicted molar refractivity (Wildman–Crippen MR) is 144 cm³/mol. The van der Waals surface area contributed by atoms with Crippen LogP contribution in [0, 0.1) is 23.7 Å². The summed E-state index contributed by atoms with van der Waals surface area (Å²) < 4.78 is 10.3. The average Bonchev–Trinajstić information content (AvgIpc) is 2.92. The van der Waals surface area contributed by atoms with E-state index in [9.17, 15) is 39.0 Å². The summed E-state index contributed by atoms with van der Waals surface area (Å²) >= 11 is 0.